The number of rotatable bonds is 11. The summed E-state index contributed by atoms with van der Waals surface area (Å²) in [4.78, 5) is 0. The van der Waals surface area contributed by atoms with Crippen molar-refractivity contribution in [2.45, 2.75) is 84.2 Å². The molecule has 0 heterocycles. The fraction of sp³-hybridized carbons (Fsp3) is 1.00. The molecule has 0 radical (unpaired) electrons. The monoisotopic (exact) mass is 266 g/mol. The Morgan fingerprint density at radius 2 is 1.25 bits per heavy atom. The van der Waals surface area contributed by atoms with Crippen molar-refractivity contribution in [3.05, 3.63) is 0 Å². The molecule has 0 N–H and O–H groups in total. The molecule has 0 aromatic heterocycles. The molecule has 16 heavy (non-hydrogen) atoms. The van der Waals surface area contributed by atoms with Crippen LogP contribution in [0.5, 0.6) is 0 Å². The predicted molar refractivity (Wildman–Crippen MR) is 76.6 cm³/mol. The Kier molecular flexibility index (Phi) is 11.3. The van der Waals surface area contributed by atoms with Gasteiger partial charge in [0.15, 0.2) is 0 Å². The molecule has 1 unspecified atom stereocenters. The molecule has 0 aliphatic rings. The third-order valence-electron chi connectivity index (χ3n) is 3.21. The minimum atomic E-state index is 0.0855. The molecule has 0 saturated carbocycles. The predicted octanol–water partition coefficient (Wildman–Crippen LogP) is 6.06. The molecule has 0 fully saturated rings. The van der Waals surface area contributed by atoms with E-state index in [9.17, 15) is 0 Å². The van der Waals surface area contributed by atoms with Crippen molar-refractivity contribution in [1.29, 1.82) is 0 Å². The summed E-state index contributed by atoms with van der Waals surface area (Å²) in [5, 5.41) is 0. The van der Waals surface area contributed by atoms with E-state index in [1.165, 1.54) is 57.8 Å². The molecular formula is C13H28ClOP. The van der Waals surface area contributed by atoms with Gasteiger partial charge in [-0.3, -0.25) is 0 Å². The molecule has 0 aromatic rings. The third kappa shape index (κ3) is 7.09. The first kappa shape index (κ1) is 16.7. The van der Waals surface area contributed by atoms with Crippen molar-refractivity contribution in [2.75, 3.05) is 0 Å². The second-order valence-electron chi connectivity index (χ2n) is 4.67. The van der Waals surface area contributed by atoms with Crippen molar-refractivity contribution in [3.63, 3.8) is 0 Å². The first-order chi connectivity index (χ1) is 7.74. The maximum atomic E-state index is 5.93. The van der Waals surface area contributed by atoms with Gasteiger partial charge in [-0.25, -0.2) is 0 Å². The Morgan fingerprint density at radius 3 is 1.50 bits per heavy atom. The summed E-state index contributed by atoms with van der Waals surface area (Å²) in [6.07, 6.45) is 11.1. The van der Waals surface area contributed by atoms with Crippen LogP contribution in [0.2, 0.25) is 0 Å². The Bertz CT molecular complexity index is 131. The standard InChI is InChI=1S/C13H28ClOP/c1-4-7-10-13(15-16-14,11-8-5-2)12-9-6-3/h16H,4-12H2,1-3H3. The van der Waals surface area contributed by atoms with Gasteiger partial charge in [0.2, 0.25) is 0 Å². The van der Waals surface area contributed by atoms with E-state index < -0.39 is 0 Å². The summed E-state index contributed by atoms with van der Waals surface area (Å²) < 4.78 is 5.93. The van der Waals surface area contributed by atoms with Crippen LogP contribution >= 0.6 is 19.4 Å². The molecule has 0 bridgehead atoms. The number of hydrogen-bond acceptors (Lipinski definition) is 1. The molecule has 98 valence electrons. The molecular weight excluding hydrogens is 239 g/mol. The van der Waals surface area contributed by atoms with Crippen molar-refractivity contribution < 1.29 is 4.52 Å². The fourth-order valence-electron chi connectivity index (χ4n) is 2.11. The summed E-state index contributed by atoms with van der Waals surface area (Å²) in [5.41, 5.74) is 0.0855. The lowest BCUT2D eigenvalue weighted by atomic mass is 9.86. The average molecular weight is 267 g/mol. The normalized spacial score (nSPS) is 12.8. The number of hydrogen-bond donors (Lipinski definition) is 0. The van der Waals surface area contributed by atoms with Crippen molar-refractivity contribution in [2.24, 2.45) is 0 Å². The molecule has 0 aliphatic carbocycles. The second-order valence-corrected chi connectivity index (χ2v) is 5.49. The van der Waals surface area contributed by atoms with Crippen LogP contribution in [0.25, 0.3) is 0 Å². The van der Waals surface area contributed by atoms with E-state index in [1.54, 1.807) is 0 Å². The zero-order valence-corrected chi connectivity index (χ0v) is 12.9. The highest BCUT2D eigenvalue weighted by molar-refractivity contribution is 7.64. The molecule has 1 atom stereocenters. The molecule has 0 rings (SSSR count). The molecule has 0 amide bonds. The zero-order valence-electron chi connectivity index (χ0n) is 11.2. The van der Waals surface area contributed by atoms with Crippen LogP contribution in [0.4, 0.5) is 0 Å². The van der Waals surface area contributed by atoms with Crippen LogP contribution in [0.15, 0.2) is 0 Å². The van der Waals surface area contributed by atoms with Gasteiger partial charge in [0.05, 0.1) is 5.60 Å². The fourth-order valence-corrected chi connectivity index (χ4v) is 3.07. The quantitative estimate of drug-likeness (QED) is 0.413. The van der Waals surface area contributed by atoms with Gasteiger partial charge in [0.1, 0.15) is 8.16 Å². The molecule has 3 heteroatoms. The van der Waals surface area contributed by atoms with Crippen LogP contribution in [-0.2, 0) is 4.52 Å². The van der Waals surface area contributed by atoms with Gasteiger partial charge >= 0.3 is 0 Å². The van der Waals surface area contributed by atoms with Crippen LogP contribution in [0, 0.1) is 0 Å². The SMILES string of the molecule is CCCCC(CCCC)(CCCC)OPCl. The van der Waals surface area contributed by atoms with Crippen LogP contribution < -0.4 is 0 Å². The highest BCUT2D eigenvalue weighted by atomic mass is 35.7. The summed E-state index contributed by atoms with van der Waals surface area (Å²) in [5.74, 6) is 0. The smallest absolute Gasteiger partial charge is 0.111 e. The minimum absolute atomic E-state index is 0.0855. The van der Waals surface area contributed by atoms with E-state index in [1.807, 2.05) is 0 Å². The number of unbranched alkanes of at least 4 members (excludes halogenated alkanes) is 3. The van der Waals surface area contributed by atoms with Gasteiger partial charge in [0.25, 0.3) is 0 Å². The first-order valence-corrected chi connectivity index (χ1v) is 8.70. The Morgan fingerprint density at radius 1 is 0.875 bits per heavy atom. The van der Waals surface area contributed by atoms with Crippen LogP contribution in [-0.4, -0.2) is 5.60 Å². The van der Waals surface area contributed by atoms with E-state index in [-0.39, 0.29) is 13.8 Å². The molecule has 0 aromatic carbocycles. The van der Waals surface area contributed by atoms with E-state index in [2.05, 4.69) is 20.8 Å². The lowest BCUT2D eigenvalue weighted by molar-refractivity contribution is 0.0539. The maximum Gasteiger partial charge on any atom is 0.111 e. The van der Waals surface area contributed by atoms with E-state index in [0.29, 0.717) is 0 Å². The van der Waals surface area contributed by atoms with Gasteiger partial charge in [0, 0.05) is 0 Å². The molecule has 0 aliphatic heterocycles. The zero-order chi connectivity index (χ0) is 12.3. The van der Waals surface area contributed by atoms with Crippen molar-refractivity contribution in [1.82, 2.24) is 0 Å². The first-order valence-electron chi connectivity index (χ1n) is 6.78. The third-order valence-corrected chi connectivity index (χ3v) is 3.95. The van der Waals surface area contributed by atoms with Crippen LogP contribution in [0.1, 0.15) is 78.6 Å². The Balaban J connectivity index is 4.32. The minimum Gasteiger partial charge on any atom is -0.340 e. The molecule has 0 spiro atoms. The van der Waals surface area contributed by atoms with E-state index in [0.717, 1.165) is 0 Å². The topological polar surface area (TPSA) is 9.23 Å². The lowest BCUT2D eigenvalue weighted by Gasteiger charge is -2.33. The van der Waals surface area contributed by atoms with E-state index >= 15 is 0 Å². The van der Waals surface area contributed by atoms with Gasteiger partial charge in [-0.05, 0) is 19.3 Å². The second kappa shape index (κ2) is 10.8. The number of halogens is 1. The summed E-state index contributed by atoms with van der Waals surface area (Å²) >= 11 is 5.83. The largest absolute Gasteiger partial charge is 0.340 e. The van der Waals surface area contributed by atoms with Crippen LogP contribution in [0.3, 0.4) is 0 Å². The Hall–Kier alpha value is 0.680. The van der Waals surface area contributed by atoms with Gasteiger partial charge in [-0.15, -0.1) is 0 Å². The summed E-state index contributed by atoms with van der Waals surface area (Å²) in [6, 6.07) is 0. The maximum absolute atomic E-state index is 5.93. The van der Waals surface area contributed by atoms with Crippen molar-refractivity contribution in [3.8, 4) is 0 Å². The highest BCUT2D eigenvalue weighted by Gasteiger charge is 2.29. The van der Waals surface area contributed by atoms with Gasteiger partial charge in [-0.2, -0.15) is 0 Å². The lowest BCUT2D eigenvalue weighted by Crippen LogP contribution is -2.29. The molecule has 0 saturated heterocycles. The van der Waals surface area contributed by atoms with E-state index in [4.69, 9.17) is 15.8 Å². The van der Waals surface area contributed by atoms with Gasteiger partial charge in [-0.1, -0.05) is 70.5 Å². The average Bonchev–Trinajstić information content (AvgIpc) is 2.31. The highest BCUT2D eigenvalue weighted by Crippen LogP contribution is 2.38. The Labute approximate surface area is 108 Å². The molecule has 1 nitrogen and oxygen atoms in total. The van der Waals surface area contributed by atoms with Crippen molar-refractivity contribution >= 4 is 19.4 Å². The summed E-state index contributed by atoms with van der Waals surface area (Å²) in [7, 11) is 0.115. The van der Waals surface area contributed by atoms with Gasteiger partial charge < -0.3 is 4.52 Å². The summed E-state index contributed by atoms with van der Waals surface area (Å²) in [6.45, 7) is 6.73.